The normalized spacial score (nSPS) is 11.5. The van der Waals surface area contributed by atoms with Crippen LogP contribution in [0.15, 0.2) is 86.9 Å². The molecule has 4 rings (SSSR count). The Morgan fingerprint density at radius 3 is 2.31 bits per heavy atom. The van der Waals surface area contributed by atoms with Gasteiger partial charge in [-0.05, 0) is 67.1 Å². The third-order valence-electron chi connectivity index (χ3n) is 5.49. The molecule has 17 heteroatoms. The molecule has 0 radical (unpaired) electrons. The van der Waals surface area contributed by atoms with Gasteiger partial charge in [0.25, 0.3) is 21.6 Å². The second-order valence-corrected chi connectivity index (χ2v) is 13.3. The molecule has 0 aliphatic carbocycles. The van der Waals surface area contributed by atoms with Gasteiger partial charge in [0.1, 0.15) is 10.0 Å². The number of thiazole rings is 1. The SMILES string of the molecule is Cc1cc(F)ccc1S(=O)(=O)Nc1ccc(C(=O)OCC(=O)Nc2ncc(S(=O)(=O)c3ccc([N+](=O)[O-])cc3)s2)cc1. The summed E-state index contributed by atoms with van der Waals surface area (Å²) in [5, 5.41) is 13.0. The number of ether oxygens (including phenoxy) is 1. The Morgan fingerprint density at radius 2 is 1.69 bits per heavy atom. The molecule has 42 heavy (non-hydrogen) atoms. The molecule has 1 aromatic heterocycles. The highest BCUT2D eigenvalue weighted by Crippen LogP contribution is 2.29. The number of aryl methyl sites for hydroxylation is 1. The first-order valence-corrected chi connectivity index (χ1v) is 15.4. The van der Waals surface area contributed by atoms with Gasteiger partial charge in [-0.15, -0.1) is 0 Å². The number of rotatable bonds is 10. The number of nitro groups is 1. The number of halogens is 1. The average Bonchev–Trinajstić information content (AvgIpc) is 3.41. The molecule has 0 fully saturated rings. The fourth-order valence-corrected chi connectivity index (χ4v) is 7.21. The Kier molecular flexibility index (Phi) is 8.64. The van der Waals surface area contributed by atoms with Gasteiger partial charge in [-0.3, -0.25) is 24.9 Å². The number of aromatic nitrogens is 1. The number of nitrogens with zero attached hydrogens (tertiary/aromatic N) is 2. The third-order valence-corrected chi connectivity index (χ3v) is 10.2. The topological polar surface area (TPSA) is 192 Å². The summed E-state index contributed by atoms with van der Waals surface area (Å²) in [6.07, 6.45) is 1.01. The Hall–Kier alpha value is -4.74. The van der Waals surface area contributed by atoms with Crippen LogP contribution < -0.4 is 10.0 Å². The predicted octanol–water partition coefficient (Wildman–Crippen LogP) is 3.93. The lowest BCUT2D eigenvalue weighted by atomic mass is 10.2. The molecule has 0 unspecified atom stereocenters. The highest BCUT2D eigenvalue weighted by molar-refractivity contribution is 7.93. The Balaban J connectivity index is 1.32. The molecule has 0 spiro atoms. The minimum atomic E-state index is -4.05. The number of carbonyl (C=O) groups is 2. The fourth-order valence-electron chi connectivity index (χ4n) is 3.47. The molecular weight excluding hydrogens is 615 g/mol. The van der Waals surface area contributed by atoms with Crippen LogP contribution in [0, 0.1) is 22.9 Å². The van der Waals surface area contributed by atoms with Gasteiger partial charge in [-0.1, -0.05) is 11.3 Å². The lowest BCUT2D eigenvalue weighted by Gasteiger charge is -2.11. The number of sulfone groups is 1. The van der Waals surface area contributed by atoms with E-state index in [0.717, 1.165) is 48.7 Å². The summed E-state index contributed by atoms with van der Waals surface area (Å²) in [7, 11) is -8.08. The number of sulfonamides is 1. The van der Waals surface area contributed by atoms with E-state index in [2.05, 4.69) is 15.0 Å². The van der Waals surface area contributed by atoms with Crippen molar-refractivity contribution in [2.45, 2.75) is 20.9 Å². The van der Waals surface area contributed by atoms with Gasteiger partial charge in [0, 0.05) is 17.8 Å². The van der Waals surface area contributed by atoms with Gasteiger partial charge in [0.2, 0.25) is 9.84 Å². The molecule has 13 nitrogen and oxygen atoms in total. The van der Waals surface area contributed by atoms with E-state index in [9.17, 15) is 40.9 Å². The molecule has 1 heterocycles. The fraction of sp³-hybridized carbons (Fsp3) is 0.0800. The van der Waals surface area contributed by atoms with Crippen molar-refractivity contribution >= 4 is 59.6 Å². The molecule has 0 bridgehead atoms. The van der Waals surface area contributed by atoms with E-state index in [0.29, 0.717) is 11.3 Å². The first kappa shape index (κ1) is 30.2. The van der Waals surface area contributed by atoms with Crippen LogP contribution in [0.1, 0.15) is 15.9 Å². The molecule has 3 aromatic carbocycles. The minimum Gasteiger partial charge on any atom is -0.452 e. The van der Waals surface area contributed by atoms with E-state index >= 15 is 0 Å². The summed E-state index contributed by atoms with van der Waals surface area (Å²) >= 11 is 0.630. The second kappa shape index (κ2) is 12.0. The van der Waals surface area contributed by atoms with Crippen molar-refractivity contribution in [1.29, 1.82) is 0 Å². The summed E-state index contributed by atoms with van der Waals surface area (Å²) < 4.78 is 71.1. The minimum absolute atomic E-state index is 0.00874. The number of anilines is 2. The van der Waals surface area contributed by atoms with Gasteiger partial charge < -0.3 is 4.74 Å². The Bertz CT molecular complexity index is 1890. The molecule has 1 amide bonds. The van der Waals surface area contributed by atoms with Crippen LogP contribution in [0.3, 0.4) is 0 Å². The summed E-state index contributed by atoms with van der Waals surface area (Å²) in [5.41, 5.74) is 0.0602. The molecule has 0 aliphatic heterocycles. The summed E-state index contributed by atoms with van der Waals surface area (Å²) in [4.78, 5) is 38.2. The maximum atomic E-state index is 13.3. The van der Waals surface area contributed by atoms with Gasteiger partial charge in [-0.25, -0.2) is 31.0 Å². The predicted molar refractivity (Wildman–Crippen MR) is 148 cm³/mol. The van der Waals surface area contributed by atoms with Crippen molar-refractivity contribution in [3.8, 4) is 0 Å². The molecule has 218 valence electrons. The second-order valence-electron chi connectivity index (χ2n) is 8.46. The van der Waals surface area contributed by atoms with Crippen LogP contribution >= 0.6 is 11.3 Å². The third kappa shape index (κ3) is 6.93. The van der Waals surface area contributed by atoms with Crippen molar-refractivity contribution in [2.75, 3.05) is 16.6 Å². The van der Waals surface area contributed by atoms with Crippen LogP contribution in [0.2, 0.25) is 0 Å². The quantitative estimate of drug-likeness (QED) is 0.147. The van der Waals surface area contributed by atoms with Crippen LogP contribution in [0.4, 0.5) is 20.9 Å². The van der Waals surface area contributed by atoms with E-state index < -0.39 is 49.1 Å². The first-order valence-electron chi connectivity index (χ1n) is 11.6. The number of non-ortho nitro benzene ring substituents is 1. The maximum absolute atomic E-state index is 13.3. The van der Waals surface area contributed by atoms with Gasteiger partial charge in [0.05, 0.1) is 26.5 Å². The highest BCUT2D eigenvalue weighted by atomic mass is 32.2. The van der Waals surface area contributed by atoms with Crippen molar-refractivity contribution < 1.29 is 40.5 Å². The number of esters is 1. The summed E-state index contributed by atoms with van der Waals surface area (Å²) in [6, 6.07) is 12.6. The van der Waals surface area contributed by atoms with E-state index in [1.54, 1.807) is 0 Å². The summed E-state index contributed by atoms with van der Waals surface area (Å²) in [5.74, 6) is -2.28. The van der Waals surface area contributed by atoms with Crippen molar-refractivity contribution in [3.05, 3.63) is 100.0 Å². The summed E-state index contributed by atoms with van der Waals surface area (Å²) in [6.45, 7) is 0.714. The zero-order valence-electron chi connectivity index (χ0n) is 21.3. The number of nitrogens with one attached hydrogen (secondary N) is 2. The number of carbonyl (C=O) groups excluding carboxylic acids is 2. The molecular formula is C25H19FN4O9S3. The lowest BCUT2D eigenvalue weighted by Crippen LogP contribution is -2.20. The largest absolute Gasteiger partial charge is 0.452 e. The molecule has 0 aliphatic rings. The van der Waals surface area contributed by atoms with Gasteiger partial charge >= 0.3 is 5.97 Å². The molecule has 0 atom stereocenters. The van der Waals surface area contributed by atoms with E-state index in [-0.39, 0.29) is 41.6 Å². The van der Waals surface area contributed by atoms with Crippen LogP contribution in [0.5, 0.6) is 0 Å². The van der Waals surface area contributed by atoms with Crippen molar-refractivity contribution in [2.24, 2.45) is 0 Å². The van der Waals surface area contributed by atoms with Gasteiger partial charge in [-0.2, -0.15) is 0 Å². The molecule has 4 aromatic rings. The Morgan fingerprint density at radius 1 is 1.02 bits per heavy atom. The lowest BCUT2D eigenvalue weighted by molar-refractivity contribution is -0.384. The van der Waals surface area contributed by atoms with Crippen molar-refractivity contribution in [3.63, 3.8) is 0 Å². The zero-order chi connectivity index (χ0) is 30.7. The van der Waals surface area contributed by atoms with E-state index in [1.165, 1.54) is 31.2 Å². The number of hydrogen-bond donors (Lipinski definition) is 2. The Labute approximate surface area is 242 Å². The monoisotopic (exact) mass is 634 g/mol. The van der Waals surface area contributed by atoms with Crippen LogP contribution in [0.25, 0.3) is 0 Å². The zero-order valence-corrected chi connectivity index (χ0v) is 23.8. The average molecular weight is 635 g/mol. The number of hydrogen-bond acceptors (Lipinski definition) is 11. The van der Waals surface area contributed by atoms with E-state index in [1.807, 2.05) is 0 Å². The van der Waals surface area contributed by atoms with E-state index in [4.69, 9.17) is 4.74 Å². The van der Waals surface area contributed by atoms with Crippen LogP contribution in [-0.4, -0.2) is 45.2 Å². The highest BCUT2D eigenvalue weighted by Gasteiger charge is 2.23. The van der Waals surface area contributed by atoms with Crippen LogP contribution in [-0.2, 0) is 29.4 Å². The maximum Gasteiger partial charge on any atom is 0.338 e. The standard InChI is InChI=1S/C25H19FN4O9S3/c1-15-12-17(26)4-11-21(15)42(37,38)29-18-5-2-16(3-6-18)24(32)39-14-22(31)28-25-27-13-23(40-25)41(35,36)20-9-7-19(8-10-20)30(33)34/h2-13,29H,14H2,1H3,(H,27,28,31). The molecule has 0 saturated carbocycles. The molecule has 0 saturated heterocycles. The van der Waals surface area contributed by atoms with Gasteiger partial charge in [0.15, 0.2) is 11.7 Å². The first-order chi connectivity index (χ1) is 19.8. The number of nitro benzene ring substituents is 1. The smallest absolute Gasteiger partial charge is 0.338 e. The molecule has 2 N–H and O–H groups in total. The number of benzene rings is 3. The van der Waals surface area contributed by atoms with Crippen molar-refractivity contribution in [1.82, 2.24) is 4.98 Å². The number of amides is 1.